The fraction of sp³-hybridized carbons (Fsp3) is 0.545. The Bertz CT molecular complexity index is 1170. The van der Waals surface area contributed by atoms with Crippen molar-refractivity contribution >= 4 is 17.5 Å². The predicted molar refractivity (Wildman–Crippen MR) is 114 cm³/mol. The number of hydrogen-bond donors (Lipinski definition) is 0. The number of ether oxygens (including phenoxy) is 1. The number of anilines is 2. The van der Waals surface area contributed by atoms with E-state index in [0.29, 0.717) is 24.5 Å². The maximum Gasteiger partial charge on any atom is 0.408 e. The molecule has 0 spiro atoms. The van der Waals surface area contributed by atoms with Crippen molar-refractivity contribution in [2.24, 2.45) is 0 Å². The highest BCUT2D eigenvalue weighted by Gasteiger charge is 2.51. The van der Waals surface area contributed by atoms with E-state index in [2.05, 4.69) is 9.97 Å². The topological polar surface area (TPSA) is 80.6 Å². The summed E-state index contributed by atoms with van der Waals surface area (Å²) in [5, 5.41) is 0. The van der Waals surface area contributed by atoms with E-state index in [-0.39, 0.29) is 36.1 Å². The average molecular weight is 463 g/mol. The monoisotopic (exact) mass is 463 g/mol. The highest BCUT2D eigenvalue weighted by Crippen LogP contribution is 2.41. The minimum Gasteiger partial charge on any atom is -0.374 e. The van der Waals surface area contributed by atoms with Gasteiger partial charge in [-0.15, -0.1) is 0 Å². The molecule has 11 heteroatoms. The molecule has 5 heterocycles. The molecule has 0 aliphatic carbocycles. The summed E-state index contributed by atoms with van der Waals surface area (Å²) in [6.07, 6.45) is -1.29. The molecule has 8 nitrogen and oxygen atoms in total. The molecule has 3 aliphatic heterocycles. The minimum absolute atomic E-state index is 0.00440. The Balaban J connectivity index is 1.57. The van der Waals surface area contributed by atoms with Crippen molar-refractivity contribution in [2.75, 3.05) is 29.5 Å². The Morgan fingerprint density at radius 1 is 1.36 bits per heavy atom. The van der Waals surface area contributed by atoms with E-state index in [0.717, 1.165) is 11.3 Å². The summed E-state index contributed by atoms with van der Waals surface area (Å²) < 4.78 is 48.9. The zero-order chi connectivity index (χ0) is 23.5. The number of alkyl halides is 3. The summed E-state index contributed by atoms with van der Waals surface area (Å²) >= 11 is 0. The highest BCUT2D eigenvalue weighted by atomic mass is 19.4. The second-order valence-electron chi connectivity index (χ2n) is 9.24. The Hall–Kier alpha value is -2.95. The van der Waals surface area contributed by atoms with Crippen LogP contribution >= 0.6 is 0 Å². The summed E-state index contributed by atoms with van der Waals surface area (Å²) in [6, 6.07) is 1.08. The van der Waals surface area contributed by atoms with Gasteiger partial charge in [-0.3, -0.25) is 19.1 Å². The molecule has 0 N–H and O–H groups in total. The van der Waals surface area contributed by atoms with E-state index in [1.54, 1.807) is 13.0 Å². The van der Waals surface area contributed by atoms with E-state index in [1.807, 2.05) is 11.8 Å². The molecule has 0 aromatic carbocycles. The maximum atomic E-state index is 14.0. The number of morpholine rings is 1. The zero-order valence-electron chi connectivity index (χ0n) is 18.3. The molecule has 2 fully saturated rings. The van der Waals surface area contributed by atoms with Gasteiger partial charge in [0.2, 0.25) is 5.95 Å². The molecular weight excluding hydrogens is 439 g/mol. The third kappa shape index (κ3) is 3.68. The number of ketones is 1. The van der Waals surface area contributed by atoms with Gasteiger partial charge < -0.3 is 14.5 Å². The number of carbonyl (C=O) groups excluding carboxylic acids is 1. The maximum absolute atomic E-state index is 14.0. The molecule has 0 amide bonds. The summed E-state index contributed by atoms with van der Waals surface area (Å²) in [7, 11) is 0. The van der Waals surface area contributed by atoms with Crippen LogP contribution in [0.25, 0.3) is 0 Å². The van der Waals surface area contributed by atoms with E-state index < -0.39 is 30.1 Å². The van der Waals surface area contributed by atoms with E-state index >= 15 is 0 Å². The van der Waals surface area contributed by atoms with Crippen LogP contribution in [0.1, 0.15) is 35.7 Å². The second kappa shape index (κ2) is 7.54. The fourth-order valence-corrected chi connectivity index (χ4v) is 5.12. The van der Waals surface area contributed by atoms with Crippen LogP contribution in [0.15, 0.2) is 29.3 Å². The molecule has 5 rings (SSSR count). The quantitative estimate of drug-likeness (QED) is 0.644. The third-order valence-electron chi connectivity index (χ3n) is 6.88. The van der Waals surface area contributed by atoms with Crippen LogP contribution in [0.4, 0.5) is 24.9 Å². The first-order valence-electron chi connectivity index (χ1n) is 10.9. The summed E-state index contributed by atoms with van der Waals surface area (Å²) in [6.45, 7) is 3.99. The van der Waals surface area contributed by atoms with Crippen LogP contribution in [0, 0.1) is 6.92 Å². The molecule has 2 saturated heterocycles. The molecule has 2 aromatic rings. The van der Waals surface area contributed by atoms with Gasteiger partial charge in [-0.1, -0.05) is 0 Å². The zero-order valence-corrected chi connectivity index (χ0v) is 18.3. The van der Waals surface area contributed by atoms with Gasteiger partial charge in [-0.2, -0.15) is 18.2 Å². The number of aromatic nitrogens is 3. The van der Waals surface area contributed by atoms with Crippen molar-refractivity contribution in [3.05, 3.63) is 46.0 Å². The minimum atomic E-state index is -4.59. The number of aryl methyl sites for hydroxylation is 1. The first-order valence-corrected chi connectivity index (χ1v) is 10.9. The highest BCUT2D eigenvalue weighted by molar-refractivity contribution is 6.00. The molecule has 2 aromatic heterocycles. The first-order chi connectivity index (χ1) is 15.6. The number of rotatable bonds is 4. The third-order valence-corrected chi connectivity index (χ3v) is 6.88. The summed E-state index contributed by atoms with van der Waals surface area (Å²) in [5.41, 5.74) is 0.0679. The lowest BCUT2D eigenvalue weighted by Gasteiger charge is -2.40. The molecular formula is C22H24F3N5O3. The largest absolute Gasteiger partial charge is 0.408 e. The van der Waals surface area contributed by atoms with Gasteiger partial charge in [-0.05, 0) is 31.9 Å². The Labute approximate surface area is 188 Å². The molecule has 0 saturated carbocycles. The molecule has 176 valence electrons. The molecule has 3 atom stereocenters. The molecule has 33 heavy (non-hydrogen) atoms. The van der Waals surface area contributed by atoms with Gasteiger partial charge in [0, 0.05) is 43.5 Å². The van der Waals surface area contributed by atoms with Crippen molar-refractivity contribution in [3.8, 4) is 0 Å². The van der Waals surface area contributed by atoms with Crippen LogP contribution in [-0.2, 0) is 11.3 Å². The first kappa shape index (κ1) is 21.9. The number of hydrogen-bond acceptors (Lipinski definition) is 7. The van der Waals surface area contributed by atoms with Crippen LogP contribution in [-0.4, -0.2) is 63.9 Å². The van der Waals surface area contributed by atoms with Gasteiger partial charge in [0.1, 0.15) is 11.9 Å². The van der Waals surface area contributed by atoms with Gasteiger partial charge >= 0.3 is 6.18 Å². The van der Waals surface area contributed by atoms with E-state index in [4.69, 9.17) is 4.74 Å². The lowest BCUT2D eigenvalue weighted by molar-refractivity contribution is -0.152. The number of Topliss-reactive ketones (excluding diaryl/α,β-unsaturated/α-hetero) is 1. The van der Waals surface area contributed by atoms with Crippen LogP contribution in [0.3, 0.4) is 0 Å². The van der Waals surface area contributed by atoms with Crippen molar-refractivity contribution in [1.29, 1.82) is 0 Å². The van der Waals surface area contributed by atoms with Gasteiger partial charge in [0.05, 0.1) is 24.8 Å². The van der Waals surface area contributed by atoms with Crippen molar-refractivity contribution < 1.29 is 22.7 Å². The lowest BCUT2D eigenvalue weighted by Crippen LogP contribution is -2.54. The molecule has 2 bridgehead atoms. The average Bonchev–Trinajstić information content (AvgIpc) is 3.29. The van der Waals surface area contributed by atoms with Crippen LogP contribution in [0.2, 0.25) is 0 Å². The van der Waals surface area contributed by atoms with Crippen LogP contribution < -0.4 is 15.4 Å². The fourth-order valence-electron chi connectivity index (χ4n) is 5.12. The van der Waals surface area contributed by atoms with Crippen molar-refractivity contribution in [3.63, 3.8) is 0 Å². The van der Waals surface area contributed by atoms with Crippen LogP contribution in [0.5, 0.6) is 0 Å². The SMILES string of the molecule is Cc1ccncc1C(=O)CN1c2nc(N3CC4CC3(C)CO4)cc(=O)n2CCC1C(F)(F)F. The number of carbonyl (C=O) groups is 1. The number of halogens is 3. The Morgan fingerprint density at radius 3 is 2.79 bits per heavy atom. The Kier molecular flexibility index (Phi) is 5.00. The van der Waals surface area contributed by atoms with Crippen molar-refractivity contribution in [1.82, 2.24) is 14.5 Å². The Morgan fingerprint density at radius 2 is 2.15 bits per heavy atom. The smallest absolute Gasteiger partial charge is 0.374 e. The van der Waals surface area contributed by atoms with Gasteiger partial charge in [-0.25, -0.2) is 0 Å². The normalized spacial score (nSPS) is 26.6. The van der Waals surface area contributed by atoms with E-state index in [1.165, 1.54) is 23.0 Å². The van der Waals surface area contributed by atoms with Crippen molar-refractivity contribution in [2.45, 2.75) is 57.1 Å². The molecule has 3 aliphatic rings. The molecule has 3 unspecified atom stereocenters. The second-order valence-corrected chi connectivity index (χ2v) is 9.24. The number of nitrogens with zero attached hydrogens (tertiary/aromatic N) is 5. The van der Waals surface area contributed by atoms with Gasteiger partial charge in [0.15, 0.2) is 5.78 Å². The summed E-state index contributed by atoms with van der Waals surface area (Å²) in [4.78, 5) is 37.3. The standard InChI is InChI=1S/C22H24F3N5O3/c1-13-3-5-26-9-15(13)16(31)11-29-17(22(23,24)25)4-6-28-19(32)7-18(27-20(28)29)30-10-14-8-21(30,2)12-33-14/h3,5,7,9,14,17H,4,6,8,10-12H2,1-2H3. The summed E-state index contributed by atoms with van der Waals surface area (Å²) in [5.74, 6) is -0.325. The predicted octanol–water partition coefficient (Wildman–Crippen LogP) is 2.34. The number of pyridine rings is 1. The number of fused-ring (bicyclic) bond motifs is 3. The van der Waals surface area contributed by atoms with Gasteiger partial charge in [0.25, 0.3) is 5.56 Å². The van der Waals surface area contributed by atoms with E-state index in [9.17, 15) is 22.8 Å². The molecule has 0 radical (unpaired) electrons. The lowest BCUT2D eigenvalue weighted by atomic mass is 10.0.